The van der Waals surface area contributed by atoms with Gasteiger partial charge in [0.1, 0.15) is 5.78 Å². The summed E-state index contributed by atoms with van der Waals surface area (Å²) in [5.74, 6) is 0.343. The lowest BCUT2D eigenvalue weighted by Crippen LogP contribution is -1.88. The van der Waals surface area contributed by atoms with Crippen LogP contribution in [-0.2, 0) is 80.5 Å². The summed E-state index contributed by atoms with van der Waals surface area (Å²) in [6, 6.07) is 0. The molecule has 14 heavy (non-hydrogen) atoms. The average Bonchev–Trinajstić information content (AvgIpc) is 2.24. The highest BCUT2D eigenvalue weighted by molar-refractivity contribution is 8.70. The van der Waals surface area contributed by atoms with Crippen LogP contribution in [0.1, 0.15) is 26.7 Å². The zero-order chi connectivity index (χ0) is 11.2. The molecule has 0 bridgehead atoms. The fourth-order valence-corrected chi connectivity index (χ4v) is 11.3. The van der Waals surface area contributed by atoms with Gasteiger partial charge < -0.3 is 0 Å². The average molecular weight is 343 g/mol. The normalized spacial score (nSPS) is 7.29. The highest BCUT2D eigenvalue weighted by atomic mass is 33.4. The van der Waals surface area contributed by atoms with Crippen molar-refractivity contribution in [3.05, 3.63) is 0 Å². The van der Waals surface area contributed by atoms with Crippen molar-refractivity contribution in [1.82, 2.24) is 0 Å². The second kappa shape index (κ2) is 16.8. The third-order valence-electron chi connectivity index (χ3n) is 0.928. The molecule has 9 heteroatoms. The molecule has 0 saturated carbocycles. The van der Waals surface area contributed by atoms with E-state index in [-0.39, 0.29) is 0 Å². The molecule has 0 radical (unpaired) electrons. The smallest absolute Gasteiger partial charge is 0.132 e. The van der Waals surface area contributed by atoms with E-state index in [0.29, 0.717) is 18.6 Å². The van der Waals surface area contributed by atoms with Gasteiger partial charge >= 0.3 is 0 Å². The van der Waals surface area contributed by atoms with Crippen LogP contribution in [0.5, 0.6) is 0 Å². The molecule has 0 spiro atoms. The van der Waals surface area contributed by atoms with Crippen LogP contribution in [0.15, 0.2) is 0 Å². The predicted octanol–water partition coefficient (Wildman–Crippen LogP) is 1.36. The van der Waals surface area contributed by atoms with Gasteiger partial charge in [0, 0.05) is 88.5 Å². The Hall–Kier alpha value is 1.43. The number of hydrogen-bond acceptors (Lipinski definition) is 3. The molecular formula is C5H10OS8. The summed E-state index contributed by atoms with van der Waals surface area (Å²) in [7, 11) is 9.12. The summed E-state index contributed by atoms with van der Waals surface area (Å²) < 4.78 is 0. The minimum Gasteiger partial charge on any atom is -0.300 e. The maximum atomic E-state index is 10.2. The Bertz CT molecular complexity index is 342. The first-order valence-corrected chi connectivity index (χ1v) is 12.8. The van der Waals surface area contributed by atoms with Gasteiger partial charge in [0.25, 0.3) is 0 Å². The molecule has 1 nitrogen and oxygen atoms in total. The van der Waals surface area contributed by atoms with E-state index >= 15 is 0 Å². The fourth-order valence-electron chi connectivity index (χ4n) is 0.295. The van der Waals surface area contributed by atoms with Crippen LogP contribution in [0.2, 0.25) is 0 Å². The van der Waals surface area contributed by atoms with Crippen LogP contribution in [0, 0.1) is 0 Å². The highest BCUT2D eigenvalue weighted by Crippen LogP contribution is 1.83. The van der Waals surface area contributed by atoms with Gasteiger partial charge in [0.15, 0.2) is 0 Å². The van der Waals surface area contributed by atoms with Crippen molar-refractivity contribution >= 4 is 81.4 Å². The molecule has 0 N–H and O–H groups in total. The summed E-state index contributed by atoms with van der Waals surface area (Å²) in [6.07, 6.45) is 1.38. The molecule has 0 aromatic heterocycles. The molecule has 0 amide bonds. The SMILES string of the molecule is CCC(=O)CC.S=S=S=S=S=S=S=S. The van der Waals surface area contributed by atoms with Crippen molar-refractivity contribution in [2.45, 2.75) is 26.7 Å². The first-order chi connectivity index (χ1) is 6.72. The molecule has 0 saturated heterocycles. The molecule has 0 atom stereocenters. The maximum absolute atomic E-state index is 10.2. The summed E-state index contributed by atoms with van der Waals surface area (Å²) in [6.45, 7) is 3.76. The van der Waals surface area contributed by atoms with E-state index in [9.17, 15) is 4.79 Å². The summed E-state index contributed by atoms with van der Waals surface area (Å²) in [4.78, 5) is 10.2. The largest absolute Gasteiger partial charge is 0.300 e. The highest BCUT2D eigenvalue weighted by Gasteiger charge is 1.86. The number of carbonyl (C=O) groups excluding carboxylic acids is 1. The summed E-state index contributed by atoms with van der Waals surface area (Å²) in [5.41, 5.74) is 0. The first kappa shape index (κ1) is 17.8. The lowest BCUT2D eigenvalue weighted by Gasteiger charge is -1.81. The Morgan fingerprint density at radius 1 is 0.929 bits per heavy atom. The van der Waals surface area contributed by atoms with Crippen LogP contribution < -0.4 is 0 Å². The van der Waals surface area contributed by atoms with E-state index in [1.54, 1.807) is 35.5 Å². The molecule has 0 unspecified atom stereocenters. The Morgan fingerprint density at radius 2 is 1.29 bits per heavy atom. The van der Waals surface area contributed by atoms with E-state index < -0.39 is 0 Å². The molecule has 0 aliphatic carbocycles. The van der Waals surface area contributed by atoms with E-state index in [4.69, 9.17) is 0 Å². The second-order valence-corrected chi connectivity index (χ2v) is 12.3. The van der Waals surface area contributed by atoms with Gasteiger partial charge in [-0.25, -0.2) is 0 Å². The maximum Gasteiger partial charge on any atom is 0.132 e. The zero-order valence-electron chi connectivity index (χ0n) is 7.59. The van der Waals surface area contributed by atoms with Crippen LogP contribution in [-0.4, -0.2) is 5.78 Å². The van der Waals surface area contributed by atoms with Crippen LogP contribution in [0.4, 0.5) is 0 Å². The van der Waals surface area contributed by atoms with E-state index in [2.05, 4.69) is 22.4 Å². The van der Waals surface area contributed by atoms with Gasteiger partial charge in [0.05, 0.1) is 0 Å². The van der Waals surface area contributed by atoms with E-state index in [0.717, 1.165) is 0 Å². The quantitative estimate of drug-likeness (QED) is 0.754. The Labute approximate surface area is 112 Å². The lowest BCUT2D eigenvalue weighted by molar-refractivity contribution is -0.118. The van der Waals surface area contributed by atoms with Crippen molar-refractivity contribution in [2.24, 2.45) is 0 Å². The Kier molecular flexibility index (Phi) is 21.4. The van der Waals surface area contributed by atoms with Crippen molar-refractivity contribution in [3.63, 3.8) is 0 Å². The van der Waals surface area contributed by atoms with Crippen LogP contribution in [0.25, 0.3) is 0 Å². The molecule has 0 rings (SSSR count). The summed E-state index contributed by atoms with van der Waals surface area (Å²) >= 11 is 9.21. The van der Waals surface area contributed by atoms with Crippen molar-refractivity contribution in [2.75, 3.05) is 0 Å². The lowest BCUT2D eigenvalue weighted by atomic mass is 10.3. The zero-order valence-corrected chi connectivity index (χ0v) is 14.1. The molecule has 0 aliphatic rings. The van der Waals surface area contributed by atoms with Gasteiger partial charge in [-0.15, -0.1) is 0 Å². The number of rotatable bonds is 2. The van der Waals surface area contributed by atoms with Gasteiger partial charge in [-0.2, -0.15) is 0 Å². The molecule has 0 fully saturated rings. The van der Waals surface area contributed by atoms with E-state index in [1.165, 1.54) is 17.8 Å². The van der Waals surface area contributed by atoms with Gasteiger partial charge in [0.2, 0.25) is 0 Å². The molecule has 0 heterocycles. The van der Waals surface area contributed by atoms with E-state index in [1.807, 2.05) is 13.8 Å². The monoisotopic (exact) mass is 342 g/mol. The standard InChI is InChI=1S/C5H10O.S8/c1-3-5(6)4-2;1-3-5-7-8-6-4-2/h3-4H2,1-2H3;. The molecular weight excluding hydrogens is 333 g/mol. The first-order valence-electron chi connectivity index (χ1n) is 3.49. The Morgan fingerprint density at radius 3 is 1.43 bits per heavy atom. The van der Waals surface area contributed by atoms with Gasteiger partial charge in [-0.1, -0.05) is 13.8 Å². The van der Waals surface area contributed by atoms with Gasteiger partial charge in [-0.05, 0) is 0 Å². The molecule has 84 valence electrons. The Balaban J connectivity index is 0. The topological polar surface area (TPSA) is 17.1 Å². The molecule has 0 aromatic rings. The number of hydrogen-bond donors (Lipinski definition) is 0. The fraction of sp³-hybridized carbons (Fsp3) is 0.800. The van der Waals surface area contributed by atoms with Crippen molar-refractivity contribution in [1.29, 1.82) is 0 Å². The number of carbonyl (C=O) groups is 1. The molecule has 0 aromatic carbocycles. The second-order valence-electron chi connectivity index (χ2n) is 1.65. The predicted molar refractivity (Wildman–Crippen MR) is 84.5 cm³/mol. The third kappa shape index (κ3) is 19.1. The molecule has 0 aliphatic heterocycles. The minimum absolute atomic E-state index is 0.343. The van der Waals surface area contributed by atoms with Crippen LogP contribution in [0.3, 0.4) is 0 Å². The number of Topliss-reactive ketones (excluding diaryl/α,β-unsaturated/α-hetero) is 1. The minimum atomic E-state index is 0.343. The van der Waals surface area contributed by atoms with Crippen molar-refractivity contribution in [3.8, 4) is 0 Å². The number of ketones is 1. The summed E-state index contributed by atoms with van der Waals surface area (Å²) in [5, 5.41) is 0. The van der Waals surface area contributed by atoms with Crippen molar-refractivity contribution < 1.29 is 4.79 Å². The van der Waals surface area contributed by atoms with Crippen LogP contribution >= 0.6 is 0 Å². The third-order valence-corrected chi connectivity index (χ3v) is 12.0. The van der Waals surface area contributed by atoms with Gasteiger partial charge in [-0.3, -0.25) is 4.79 Å².